The van der Waals surface area contributed by atoms with Gasteiger partial charge in [0.1, 0.15) is 11.5 Å². The second-order valence-electron chi connectivity index (χ2n) is 15.0. The number of rotatable bonds is 7. The summed E-state index contributed by atoms with van der Waals surface area (Å²) in [6.45, 7) is 2.09. The van der Waals surface area contributed by atoms with Gasteiger partial charge in [0, 0.05) is 57.0 Å². The Morgan fingerprint density at radius 2 is 0.914 bits per heavy atom. The van der Waals surface area contributed by atoms with Crippen molar-refractivity contribution in [3.8, 4) is 11.5 Å². The summed E-state index contributed by atoms with van der Waals surface area (Å²) in [6, 6.07) is 76.0. The lowest BCUT2D eigenvalue weighted by Crippen LogP contribution is -2.59. The van der Waals surface area contributed by atoms with Crippen LogP contribution < -0.4 is 35.8 Å². The third-order valence-corrected chi connectivity index (χ3v) is 11.5. The van der Waals surface area contributed by atoms with Crippen molar-refractivity contribution in [1.29, 1.82) is 0 Å². The van der Waals surface area contributed by atoms with Crippen LogP contribution in [-0.2, 0) is 0 Å². The van der Waals surface area contributed by atoms with Gasteiger partial charge in [-0.1, -0.05) is 121 Å². The third-order valence-electron chi connectivity index (χ3n) is 11.5. The highest BCUT2D eigenvalue weighted by atomic mass is 16.5. The van der Waals surface area contributed by atoms with E-state index in [1.165, 1.54) is 21.7 Å². The first-order valence-corrected chi connectivity index (χ1v) is 19.9. The molecule has 0 radical (unpaired) electrons. The summed E-state index contributed by atoms with van der Waals surface area (Å²) in [5, 5.41) is 2.39. The molecule has 4 nitrogen and oxygen atoms in total. The largest absolute Gasteiger partial charge is 0.458 e. The van der Waals surface area contributed by atoms with E-state index in [1.54, 1.807) is 0 Å². The van der Waals surface area contributed by atoms with Crippen LogP contribution in [0.15, 0.2) is 212 Å². The van der Waals surface area contributed by atoms with Gasteiger partial charge in [0.05, 0.1) is 5.69 Å². The summed E-state index contributed by atoms with van der Waals surface area (Å²) in [4.78, 5) is 7.15. The van der Waals surface area contributed by atoms with Crippen LogP contribution in [-0.4, -0.2) is 6.71 Å². The number of aryl methyl sites for hydroxylation is 1. The second-order valence-corrected chi connectivity index (χ2v) is 15.0. The number of fused-ring (bicyclic) bond motifs is 6. The van der Waals surface area contributed by atoms with E-state index in [4.69, 9.17) is 4.74 Å². The number of hydrogen-bond acceptors (Lipinski definition) is 4. The molecule has 2 heterocycles. The van der Waals surface area contributed by atoms with Gasteiger partial charge in [-0.3, -0.25) is 0 Å². The molecule has 0 amide bonds. The van der Waals surface area contributed by atoms with Gasteiger partial charge in [-0.05, 0) is 119 Å². The molecule has 274 valence electrons. The second kappa shape index (κ2) is 13.9. The lowest BCUT2D eigenvalue weighted by atomic mass is 9.33. The summed E-state index contributed by atoms with van der Waals surface area (Å²) >= 11 is 0. The average molecular weight is 744 g/mol. The predicted molar refractivity (Wildman–Crippen MR) is 244 cm³/mol. The van der Waals surface area contributed by atoms with Crippen LogP contribution >= 0.6 is 0 Å². The summed E-state index contributed by atoms with van der Waals surface area (Å²) in [5.74, 6) is 1.76. The van der Waals surface area contributed by atoms with Gasteiger partial charge in [0.25, 0.3) is 6.71 Å². The molecule has 9 aromatic rings. The number of hydrogen-bond donors (Lipinski definition) is 0. The summed E-state index contributed by atoms with van der Waals surface area (Å²) in [6.07, 6.45) is 0. The molecule has 0 aromatic heterocycles. The van der Waals surface area contributed by atoms with Crippen molar-refractivity contribution in [2.45, 2.75) is 6.92 Å². The van der Waals surface area contributed by atoms with E-state index in [0.717, 1.165) is 73.7 Å². The summed E-state index contributed by atoms with van der Waals surface area (Å²) < 4.78 is 7.10. The standard InChI is InChI=1S/C53H38BN3O/c1-37-33-48-53-51(34-37)58-50-35-43(55(38-19-7-2-8-20-38)39-21-9-3-10-22-39)31-32-46(50)54(53)52-45-30-18-17-29-44(45)47(36-49(52)57(48)42-27-15-6-16-28-42)56(40-23-11-4-12-24-40)41-25-13-5-14-26-41/h2-36H,1H3. The van der Waals surface area contributed by atoms with Crippen molar-refractivity contribution in [1.82, 2.24) is 0 Å². The Bertz CT molecular complexity index is 2860. The van der Waals surface area contributed by atoms with Gasteiger partial charge < -0.3 is 19.4 Å². The SMILES string of the molecule is Cc1cc2c3c(c1)N(c1ccccc1)c1cc(N(c4ccccc4)c4ccccc4)c4ccccc4c1B3c1ccc(N(c3ccccc3)c3ccccc3)cc1O2. The van der Waals surface area contributed by atoms with Crippen molar-refractivity contribution in [2.24, 2.45) is 0 Å². The third kappa shape index (κ3) is 5.54. The van der Waals surface area contributed by atoms with Gasteiger partial charge in [-0.25, -0.2) is 0 Å². The molecule has 0 N–H and O–H groups in total. The molecular weight excluding hydrogens is 705 g/mol. The Balaban J connectivity index is 1.20. The van der Waals surface area contributed by atoms with Crippen molar-refractivity contribution in [2.75, 3.05) is 14.7 Å². The molecule has 0 fully saturated rings. The first-order chi connectivity index (χ1) is 28.7. The Morgan fingerprint density at radius 3 is 1.50 bits per heavy atom. The highest BCUT2D eigenvalue weighted by molar-refractivity contribution is 7.00. The average Bonchev–Trinajstić information content (AvgIpc) is 3.28. The minimum Gasteiger partial charge on any atom is -0.458 e. The fourth-order valence-corrected chi connectivity index (χ4v) is 9.07. The zero-order chi connectivity index (χ0) is 38.6. The Hall–Kier alpha value is -7.50. The van der Waals surface area contributed by atoms with Gasteiger partial charge in [0.2, 0.25) is 0 Å². The first kappa shape index (κ1) is 33.8. The smallest absolute Gasteiger partial charge is 0.257 e. The Labute approximate surface area is 339 Å². The predicted octanol–water partition coefficient (Wildman–Crippen LogP) is 12.5. The minimum absolute atomic E-state index is 0.0823. The summed E-state index contributed by atoms with van der Waals surface area (Å²) in [5.41, 5.74) is 14.7. The Morgan fingerprint density at radius 1 is 0.414 bits per heavy atom. The van der Waals surface area contributed by atoms with Crippen molar-refractivity contribution in [3.05, 3.63) is 218 Å². The molecule has 11 rings (SSSR count). The van der Waals surface area contributed by atoms with Gasteiger partial charge in [0.15, 0.2) is 0 Å². The number of nitrogens with zero attached hydrogens (tertiary/aromatic N) is 3. The molecule has 0 saturated carbocycles. The normalized spacial score (nSPS) is 12.3. The molecule has 0 saturated heterocycles. The molecule has 2 aliphatic heterocycles. The zero-order valence-electron chi connectivity index (χ0n) is 32.0. The van der Waals surface area contributed by atoms with Gasteiger partial charge in [-0.2, -0.15) is 0 Å². The molecule has 0 atom stereocenters. The van der Waals surface area contributed by atoms with Crippen LogP contribution in [0.25, 0.3) is 10.8 Å². The molecule has 0 unspecified atom stereocenters. The van der Waals surface area contributed by atoms with Crippen LogP contribution in [0.2, 0.25) is 0 Å². The highest BCUT2D eigenvalue weighted by Gasteiger charge is 2.44. The van der Waals surface area contributed by atoms with Crippen molar-refractivity contribution in [3.63, 3.8) is 0 Å². The number of ether oxygens (including phenoxy) is 1. The lowest BCUT2D eigenvalue weighted by molar-refractivity contribution is 0.487. The van der Waals surface area contributed by atoms with E-state index in [1.807, 2.05) is 0 Å². The van der Waals surface area contributed by atoms with Crippen LogP contribution in [0.5, 0.6) is 11.5 Å². The monoisotopic (exact) mass is 743 g/mol. The van der Waals surface area contributed by atoms with E-state index in [2.05, 4.69) is 234 Å². The summed E-state index contributed by atoms with van der Waals surface area (Å²) in [7, 11) is 0. The molecular formula is C53H38BN3O. The van der Waals surface area contributed by atoms with Crippen LogP contribution in [0.3, 0.4) is 0 Å². The zero-order valence-corrected chi connectivity index (χ0v) is 32.0. The minimum atomic E-state index is -0.0823. The maximum absolute atomic E-state index is 7.10. The molecule has 0 aliphatic carbocycles. The lowest BCUT2D eigenvalue weighted by Gasteiger charge is -2.42. The van der Waals surface area contributed by atoms with E-state index >= 15 is 0 Å². The first-order valence-electron chi connectivity index (χ1n) is 19.9. The topological polar surface area (TPSA) is 19.0 Å². The highest BCUT2D eigenvalue weighted by Crippen LogP contribution is 2.47. The quantitative estimate of drug-likeness (QED) is 0.151. The van der Waals surface area contributed by atoms with Crippen LogP contribution in [0, 0.1) is 6.92 Å². The molecule has 58 heavy (non-hydrogen) atoms. The van der Waals surface area contributed by atoms with E-state index in [0.29, 0.717) is 0 Å². The van der Waals surface area contributed by atoms with Gasteiger partial charge in [-0.15, -0.1) is 0 Å². The number of anilines is 9. The van der Waals surface area contributed by atoms with Crippen LogP contribution in [0.4, 0.5) is 51.2 Å². The maximum atomic E-state index is 7.10. The van der Waals surface area contributed by atoms with E-state index in [9.17, 15) is 0 Å². The molecule has 2 aliphatic rings. The van der Waals surface area contributed by atoms with E-state index < -0.39 is 0 Å². The fraction of sp³-hybridized carbons (Fsp3) is 0.0189. The number of para-hydroxylation sites is 5. The molecule has 5 heteroatoms. The van der Waals surface area contributed by atoms with E-state index in [-0.39, 0.29) is 6.71 Å². The van der Waals surface area contributed by atoms with Crippen LogP contribution in [0.1, 0.15) is 5.56 Å². The molecule has 0 spiro atoms. The van der Waals surface area contributed by atoms with Crippen molar-refractivity contribution >= 4 is 85.1 Å². The molecule has 0 bridgehead atoms. The van der Waals surface area contributed by atoms with Crippen molar-refractivity contribution < 1.29 is 4.74 Å². The maximum Gasteiger partial charge on any atom is 0.257 e. The fourth-order valence-electron chi connectivity index (χ4n) is 9.07. The number of benzene rings is 9. The molecule has 9 aromatic carbocycles. The van der Waals surface area contributed by atoms with Gasteiger partial charge >= 0.3 is 0 Å². The Kier molecular flexibility index (Phi) is 8.11.